The Morgan fingerprint density at radius 2 is 1.81 bits per heavy atom. The van der Waals surface area contributed by atoms with Crippen molar-refractivity contribution >= 4 is 17.8 Å². The second-order valence-corrected chi connectivity index (χ2v) is 8.91. The van der Waals surface area contributed by atoms with Crippen LogP contribution in [0.25, 0.3) is 6.08 Å². The molecule has 3 rings (SSSR count). The van der Waals surface area contributed by atoms with Gasteiger partial charge in [-0.2, -0.15) is 0 Å². The summed E-state index contributed by atoms with van der Waals surface area (Å²) in [4.78, 5) is 30.4. The van der Waals surface area contributed by atoms with Crippen LogP contribution in [-0.4, -0.2) is 66.5 Å². The molecule has 0 aliphatic carbocycles. The van der Waals surface area contributed by atoms with E-state index < -0.39 is 23.5 Å². The van der Waals surface area contributed by atoms with Gasteiger partial charge in [-0.3, -0.25) is 9.59 Å². The Bertz CT molecular complexity index is 1120. The van der Waals surface area contributed by atoms with Crippen molar-refractivity contribution in [2.24, 2.45) is 0 Å². The van der Waals surface area contributed by atoms with Crippen molar-refractivity contribution in [3.63, 3.8) is 0 Å². The van der Waals surface area contributed by atoms with Crippen LogP contribution in [0.15, 0.2) is 65.9 Å². The van der Waals surface area contributed by atoms with Gasteiger partial charge in [0.25, 0.3) is 5.91 Å². The number of aliphatic hydroxyl groups excluding tert-OH is 1. The number of allylic oxidation sites excluding steroid dienone is 1. The molecular weight excluding hydrogens is 468 g/mol. The molecule has 0 spiro atoms. The fourth-order valence-electron chi connectivity index (χ4n) is 4.40. The second-order valence-electron chi connectivity index (χ2n) is 8.91. The van der Waals surface area contributed by atoms with E-state index in [0.29, 0.717) is 36.8 Å². The zero-order chi connectivity index (χ0) is 26.8. The quantitative estimate of drug-likeness (QED) is 0.281. The third-order valence-electron chi connectivity index (χ3n) is 6.61. The summed E-state index contributed by atoms with van der Waals surface area (Å²) in [5, 5.41) is 10.9. The highest BCUT2D eigenvalue weighted by Gasteiger charge is 2.43. The standard InChI is InChI=1S/C30H38N2O5/c1-5-8-20-37-25-17-15-23(21-26(25)36-4)28-27(24(33)16-14-22-12-10-9-11-13-22)29(34)30(35)32(28)19-18-31(6-2)7-3/h9-17,21,28,34H,5-8,18-20H2,1-4H3/b16-14+. The third-order valence-corrected chi connectivity index (χ3v) is 6.61. The molecule has 198 valence electrons. The molecule has 1 amide bonds. The smallest absolute Gasteiger partial charge is 0.290 e. The molecule has 1 heterocycles. The molecule has 1 aliphatic rings. The maximum absolute atomic E-state index is 13.4. The highest BCUT2D eigenvalue weighted by molar-refractivity contribution is 6.14. The predicted octanol–water partition coefficient (Wildman–Crippen LogP) is 5.19. The van der Waals surface area contributed by atoms with E-state index in [1.165, 1.54) is 6.08 Å². The van der Waals surface area contributed by atoms with Crippen molar-refractivity contribution in [3.8, 4) is 11.5 Å². The first kappa shape index (κ1) is 28.0. The molecule has 0 aromatic heterocycles. The summed E-state index contributed by atoms with van der Waals surface area (Å²) in [6.45, 7) is 9.46. The Labute approximate surface area is 220 Å². The monoisotopic (exact) mass is 506 g/mol. The Kier molecular flexibility index (Phi) is 10.3. The number of hydrogen-bond acceptors (Lipinski definition) is 6. The molecule has 0 fully saturated rings. The van der Waals surface area contributed by atoms with Crippen LogP contribution in [0.2, 0.25) is 0 Å². The zero-order valence-corrected chi connectivity index (χ0v) is 22.3. The molecule has 1 aliphatic heterocycles. The van der Waals surface area contributed by atoms with Gasteiger partial charge >= 0.3 is 0 Å². The SMILES string of the molecule is CCCCOc1ccc(C2C(C(=O)/C=C/c3ccccc3)=C(O)C(=O)N2CCN(CC)CC)cc1OC. The van der Waals surface area contributed by atoms with Crippen LogP contribution in [0.3, 0.4) is 0 Å². The van der Waals surface area contributed by atoms with E-state index >= 15 is 0 Å². The zero-order valence-electron chi connectivity index (χ0n) is 22.3. The van der Waals surface area contributed by atoms with E-state index in [1.807, 2.05) is 36.4 Å². The largest absolute Gasteiger partial charge is 0.503 e. The van der Waals surface area contributed by atoms with E-state index in [1.54, 1.807) is 30.2 Å². The lowest BCUT2D eigenvalue weighted by atomic mass is 9.95. The molecule has 0 bridgehead atoms. The number of amides is 1. The lowest BCUT2D eigenvalue weighted by molar-refractivity contribution is -0.129. The molecular formula is C30H38N2O5. The molecule has 7 heteroatoms. The number of hydrogen-bond donors (Lipinski definition) is 1. The Morgan fingerprint density at radius 1 is 1.08 bits per heavy atom. The minimum Gasteiger partial charge on any atom is -0.503 e. The van der Waals surface area contributed by atoms with Gasteiger partial charge in [0, 0.05) is 13.1 Å². The highest BCUT2D eigenvalue weighted by atomic mass is 16.5. The molecule has 1 unspecified atom stereocenters. The number of likely N-dealkylation sites (N-methyl/N-ethyl adjacent to an activating group) is 1. The van der Waals surface area contributed by atoms with Crippen LogP contribution in [0, 0.1) is 0 Å². The van der Waals surface area contributed by atoms with E-state index in [9.17, 15) is 14.7 Å². The first-order valence-electron chi connectivity index (χ1n) is 13.0. The molecule has 2 aromatic carbocycles. The summed E-state index contributed by atoms with van der Waals surface area (Å²) >= 11 is 0. The number of rotatable bonds is 14. The number of benzene rings is 2. The van der Waals surface area contributed by atoms with E-state index in [0.717, 1.165) is 31.5 Å². The minimum atomic E-state index is -0.741. The van der Waals surface area contributed by atoms with Gasteiger partial charge in [-0.05, 0) is 48.8 Å². The number of ether oxygens (including phenoxy) is 2. The van der Waals surface area contributed by atoms with Gasteiger partial charge in [0.15, 0.2) is 23.0 Å². The average Bonchev–Trinajstić information content (AvgIpc) is 3.18. The first-order valence-corrected chi connectivity index (χ1v) is 13.0. The summed E-state index contributed by atoms with van der Waals surface area (Å²) in [7, 11) is 1.56. The van der Waals surface area contributed by atoms with Crippen LogP contribution < -0.4 is 9.47 Å². The van der Waals surface area contributed by atoms with Crippen molar-refractivity contribution in [3.05, 3.63) is 77.1 Å². The average molecular weight is 507 g/mol. The van der Waals surface area contributed by atoms with Crippen molar-refractivity contribution in [1.29, 1.82) is 0 Å². The van der Waals surface area contributed by atoms with Crippen molar-refractivity contribution in [1.82, 2.24) is 9.80 Å². The number of aliphatic hydroxyl groups is 1. The normalized spacial score (nSPS) is 15.8. The summed E-state index contributed by atoms with van der Waals surface area (Å²) in [5.41, 5.74) is 1.59. The second kappa shape index (κ2) is 13.7. The lowest BCUT2D eigenvalue weighted by Gasteiger charge is -2.29. The Morgan fingerprint density at radius 3 is 2.46 bits per heavy atom. The summed E-state index contributed by atoms with van der Waals surface area (Å²) < 4.78 is 11.5. The molecule has 2 aromatic rings. The molecule has 7 nitrogen and oxygen atoms in total. The van der Waals surface area contributed by atoms with E-state index in [4.69, 9.17) is 9.47 Å². The minimum absolute atomic E-state index is 0.0680. The van der Waals surface area contributed by atoms with Gasteiger partial charge in [-0.15, -0.1) is 0 Å². The molecule has 37 heavy (non-hydrogen) atoms. The van der Waals surface area contributed by atoms with Gasteiger partial charge in [0.05, 0.1) is 25.3 Å². The van der Waals surface area contributed by atoms with Crippen LogP contribution in [-0.2, 0) is 9.59 Å². The van der Waals surface area contributed by atoms with Crippen LogP contribution >= 0.6 is 0 Å². The molecule has 0 radical (unpaired) electrons. The van der Waals surface area contributed by atoms with E-state index in [2.05, 4.69) is 25.7 Å². The molecule has 0 saturated heterocycles. The Balaban J connectivity index is 1.99. The predicted molar refractivity (Wildman–Crippen MR) is 146 cm³/mol. The third kappa shape index (κ3) is 6.80. The number of unbranched alkanes of at least 4 members (excludes halogenated alkanes) is 1. The number of methoxy groups -OCH3 is 1. The lowest BCUT2D eigenvalue weighted by Crippen LogP contribution is -2.38. The Hall–Kier alpha value is -3.58. The number of ketones is 1. The highest BCUT2D eigenvalue weighted by Crippen LogP contribution is 2.41. The topological polar surface area (TPSA) is 79.3 Å². The van der Waals surface area contributed by atoms with Crippen molar-refractivity contribution < 1.29 is 24.2 Å². The maximum atomic E-state index is 13.4. The molecule has 1 atom stereocenters. The number of carbonyl (C=O) groups is 2. The molecule has 0 saturated carbocycles. The molecule has 1 N–H and O–H groups in total. The number of nitrogens with zero attached hydrogens (tertiary/aromatic N) is 2. The fourth-order valence-corrected chi connectivity index (χ4v) is 4.40. The summed E-state index contributed by atoms with van der Waals surface area (Å²) in [5.74, 6) is -0.343. The summed E-state index contributed by atoms with van der Waals surface area (Å²) in [6.07, 6.45) is 5.03. The maximum Gasteiger partial charge on any atom is 0.290 e. The summed E-state index contributed by atoms with van der Waals surface area (Å²) in [6, 6.07) is 14.1. The van der Waals surface area contributed by atoms with Crippen LogP contribution in [0.1, 0.15) is 50.8 Å². The number of carbonyl (C=O) groups excluding carboxylic acids is 2. The first-order chi connectivity index (χ1) is 17.9. The van der Waals surface area contributed by atoms with Crippen molar-refractivity contribution in [2.75, 3.05) is 39.9 Å². The van der Waals surface area contributed by atoms with Crippen molar-refractivity contribution in [2.45, 2.75) is 39.7 Å². The fraction of sp³-hybridized carbons (Fsp3) is 0.400. The van der Waals surface area contributed by atoms with Crippen LogP contribution in [0.4, 0.5) is 0 Å². The van der Waals surface area contributed by atoms with Gasteiger partial charge in [0.1, 0.15) is 0 Å². The van der Waals surface area contributed by atoms with Gasteiger partial charge in [-0.1, -0.05) is 69.7 Å². The van der Waals surface area contributed by atoms with E-state index in [-0.39, 0.29) is 5.57 Å². The van der Waals surface area contributed by atoms with Gasteiger partial charge in [0.2, 0.25) is 0 Å². The van der Waals surface area contributed by atoms with Crippen LogP contribution in [0.5, 0.6) is 11.5 Å². The van der Waals surface area contributed by atoms with Gasteiger partial charge < -0.3 is 24.4 Å². The van der Waals surface area contributed by atoms with Gasteiger partial charge in [-0.25, -0.2) is 0 Å².